The highest BCUT2D eigenvalue weighted by Crippen LogP contribution is 2.38. The fourth-order valence-electron chi connectivity index (χ4n) is 5.32. The molecule has 2 bridgehead atoms. The predicted molar refractivity (Wildman–Crippen MR) is 132 cm³/mol. The summed E-state index contributed by atoms with van der Waals surface area (Å²) in [4.78, 5) is 11.0. The molecule has 198 valence electrons. The lowest BCUT2D eigenvalue weighted by atomic mass is 9.83. The van der Waals surface area contributed by atoms with Crippen LogP contribution in [0.1, 0.15) is 50.4 Å². The van der Waals surface area contributed by atoms with Gasteiger partial charge in [0.1, 0.15) is 11.8 Å². The second-order valence-corrected chi connectivity index (χ2v) is 12.0. The van der Waals surface area contributed by atoms with Gasteiger partial charge in [0.05, 0.1) is 25.6 Å². The van der Waals surface area contributed by atoms with Gasteiger partial charge in [-0.25, -0.2) is 17.8 Å². The van der Waals surface area contributed by atoms with Gasteiger partial charge in [0.15, 0.2) is 17.5 Å². The first kappa shape index (κ1) is 25.3. The third kappa shape index (κ3) is 5.06. The molecule has 1 unspecified atom stereocenters. The third-order valence-electron chi connectivity index (χ3n) is 7.36. The molecule has 11 nitrogen and oxygen atoms in total. The maximum Gasteiger partial charge on any atom is 0.227 e. The van der Waals surface area contributed by atoms with Gasteiger partial charge in [-0.3, -0.25) is 5.10 Å². The molecule has 0 aliphatic carbocycles. The first-order valence-electron chi connectivity index (χ1n) is 12.5. The van der Waals surface area contributed by atoms with Crippen LogP contribution in [-0.2, 0) is 26.1 Å². The number of hydrogen-bond donors (Lipinski definition) is 2. The van der Waals surface area contributed by atoms with Crippen LogP contribution in [0, 0.1) is 12.7 Å². The quantitative estimate of drug-likeness (QED) is 0.510. The number of aromatic amines is 1. The molecule has 3 fully saturated rings. The molecule has 2 aromatic heterocycles. The summed E-state index contributed by atoms with van der Waals surface area (Å²) >= 11 is 0. The van der Waals surface area contributed by atoms with Gasteiger partial charge in [-0.05, 0) is 39.5 Å². The summed E-state index contributed by atoms with van der Waals surface area (Å²) in [5.74, 6) is 0.357. The van der Waals surface area contributed by atoms with Crippen LogP contribution >= 0.6 is 0 Å². The van der Waals surface area contributed by atoms with Crippen molar-refractivity contribution in [3.05, 3.63) is 23.3 Å². The molecule has 2 N–H and O–H groups in total. The highest BCUT2D eigenvalue weighted by molar-refractivity contribution is 7.89. The minimum absolute atomic E-state index is 0.00404. The van der Waals surface area contributed by atoms with Crippen molar-refractivity contribution < 1.29 is 22.3 Å². The van der Waals surface area contributed by atoms with Crippen molar-refractivity contribution >= 4 is 27.6 Å². The molecule has 3 saturated heterocycles. The lowest BCUT2D eigenvalue weighted by molar-refractivity contribution is -0.136. The zero-order valence-electron chi connectivity index (χ0n) is 20.9. The van der Waals surface area contributed by atoms with E-state index >= 15 is 4.39 Å². The summed E-state index contributed by atoms with van der Waals surface area (Å²) in [5.41, 5.74) is 0.984. The molecule has 5 rings (SSSR count). The number of nitrogens with zero attached hydrogens (tertiary/aromatic N) is 5. The van der Waals surface area contributed by atoms with Crippen molar-refractivity contribution in [2.75, 3.05) is 36.2 Å². The van der Waals surface area contributed by atoms with E-state index in [9.17, 15) is 8.42 Å². The maximum absolute atomic E-state index is 15.4. The lowest BCUT2D eigenvalue weighted by Crippen LogP contribution is -2.58. The van der Waals surface area contributed by atoms with Crippen molar-refractivity contribution in [1.29, 1.82) is 0 Å². The minimum Gasteiger partial charge on any atom is -0.376 e. The van der Waals surface area contributed by atoms with E-state index in [0.29, 0.717) is 37.8 Å². The first-order chi connectivity index (χ1) is 17.2. The Bertz CT molecular complexity index is 1180. The van der Waals surface area contributed by atoms with Crippen molar-refractivity contribution in [1.82, 2.24) is 24.5 Å². The van der Waals surface area contributed by atoms with Gasteiger partial charge in [0.25, 0.3) is 0 Å². The number of H-pyrrole nitrogens is 1. The van der Waals surface area contributed by atoms with Crippen LogP contribution in [0.4, 0.5) is 22.0 Å². The molecule has 0 amide bonds. The molecule has 2 aromatic rings. The van der Waals surface area contributed by atoms with E-state index in [4.69, 9.17) is 9.47 Å². The Morgan fingerprint density at radius 1 is 1.28 bits per heavy atom. The molecule has 36 heavy (non-hydrogen) atoms. The Labute approximate surface area is 210 Å². The average Bonchev–Trinajstić information content (AvgIpc) is 3.23. The highest BCUT2D eigenvalue weighted by atomic mass is 32.2. The first-order valence-corrected chi connectivity index (χ1v) is 14.1. The van der Waals surface area contributed by atoms with E-state index in [1.165, 1.54) is 0 Å². The normalized spacial score (nSPS) is 24.9. The third-order valence-corrected chi connectivity index (χ3v) is 9.32. The average molecular weight is 524 g/mol. The number of nitrogens with one attached hydrogen (secondary N) is 2. The molecular weight excluding hydrogens is 489 g/mol. The van der Waals surface area contributed by atoms with Crippen LogP contribution in [0.2, 0.25) is 0 Å². The minimum atomic E-state index is -3.27. The number of anilines is 3. The number of fused-ring (bicyclic) bond motifs is 2. The maximum atomic E-state index is 15.4. The topological polar surface area (TPSA) is 126 Å². The van der Waals surface area contributed by atoms with Crippen LogP contribution in [0.5, 0.6) is 0 Å². The second kappa shape index (κ2) is 10.2. The summed E-state index contributed by atoms with van der Waals surface area (Å²) in [6.07, 6.45) is 4.00. The number of aromatic nitrogens is 4. The zero-order chi connectivity index (χ0) is 25.4. The van der Waals surface area contributed by atoms with Crippen LogP contribution in [0.3, 0.4) is 0 Å². The molecule has 0 aromatic carbocycles. The number of aryl methyl sites for hydroxylation is 1. The molecule has 5 heterocycles. The Balaban J connectivity index is 1.41. The van der Waals surface area contributed by atoms with E-state index in [1.807, 2.05) is 18.9 Å². The van der Waals surface area contributed by atoms with Crippen molar-refractivity contribution in [3.8, 4) is 0 Å². The van der Waals surface area contributed by atoms with Crippen LogP contribution in [-0.4, -0.2) is 83.1 Å². The molecule has 3 aliphatic rings. The van der Waals surface area contributed by atoms with E-state index in [0.717, 1.165) is 25.0 Å². The molecule has 13 heteroatoms. The molecular formula is C23H34FN7O4S. The Morgan fingerprint density at radius 3 is 2.58 bits per heavy atom. The lowest BCUT2D eigenvalue weighted by Gasteiger charge is -2.49. The predicted octanol–water partition coefficient (Wildman–Crippen LogP) is 2.48. The number of ether oxygens (including phenoxy) is 2. The number of piperidine rings is 2. The van der Waals surface area contributed by atoms with Gasteiger partial charge in [-0.2, -0.15) is 14.4 Å². The van der Waals surface area contributed by atoms with Gasteiger partial charge in [0, 0.05) is 36.9 Å². The Kier molecular flexibility index (Phi) is 7.16. The van der Waals surface area contributed by atoms with Crippen LogP contribution in [0.15, 0.2) is 6.07 Å². The molecule has 0 spiro atoms. The van der Waals surface area contributed by atoms with Gasteiger partial charge in [-0.1, -0.05) is 6.42 Å². The number of halogens is 1. The Hall–Kier alpha value is -2.35. The van der Waals surface area contributed by atoms with Crippen molar-refractivity contribution in [3.63, 3.8) is 0 Å². The fraction of sp³-hybridized carbons (Fsp3) is 0.696. The van der Waals surface area contributed by atoms with E-state index < -0.39 is 15.8 Å². The van der Waals surface area contributed by atoms with Gasteiger partial charge in [0.2, 0.25) is 16.0 Å². The van der Waals surface area contributed by atoms with E-state index in [1.54, 1.807) is 17.3 Å². The Morgan fingerprint density at radius 2 is 2.00 bits per heavy atom. The summed E-state index contributed by atoms with van der Waals surface area (Å²) in [6.45, 7) is 4.52. The summed E-state index contributed by atoms with van der Waals surface area (Å²) in [7, 11) is -1.38. The van der Waals surface area contributed by atoms with Gasteiger partial charge >= 0.3 is 0 Å². The van der Waals surface area contributed by atoms with Crippen LogP contribution in [0.25, 0.3) is 0 Å². The summed E-state index contributed by atoms with van der Waals surface area (Å²) in [6, 6.07) is 1.71. The second-order valence-electron chi connectivity index (χ2n) is 9.87. The summed E-state index contributed by atoms with van der Waals surface area (Å²) in [5, 5.41) is 9.92. The zero-order valence-corrected chi connectivity index (χ0v) is 21.7. The number of hydrogen-bond acceptors (Lipinski definition) is 9. The SMILES string of the molecule is CCS(=O)(=O)N1[C@@H]2CCC[C@H]1CC(N(C)c1nc(COC3COC3)c(F)c(Nc3cc(C)[nH]n3)n1)C2. The number of sulfonamides is 1. The summed E-state index contributed by atoms with van der Waals surface area (Å²) < 4.78 is 53.6. The van der Waals surface area contributed by atoms with E-state index in [2.05, 4.69) is 25.5 Å². The molecule has 0 radical (unpaired) electrons. The number of rotatable bonds is 9. The molecule has 0 saturated carbocycles. The molecule has 3 atom stereocenters. The van der Waals surface area contributed by atoms with Gasteiger partial charge < -0.3 is 19.7 Å². The van der Waals surface area contributed by atoms with Crippen LogP contribution < -0.4 is 10.2 Å². The van der Waals surface area contributed by atoms with Crippen molar-refractivity contribution in [2.24, 2.45) is 0 Å². The highest BCUT2D eigenvalue weighted by Gasteiger charge is 2.45. The standard InChI is InChI=1S/C23H34FN7O4S/c1-4-36(32,33)31-15-6-5-7-16(31)10-17(9-15)30(3)23-25-19(13-35-18-11-34-12-18)21(24)22(27-23)26-20-8-14(2)28-29-20/h8,15-18H,4-7,9-13H2,1-3H3,(H2,25,26,27,28,29)/t15-,16+,17?. The molecule has 3 aliphatic heterocycles. The largest absolute Gasteiger partial charge is 0.376 e. The fourth-order valence-corrected chi connectivity index (χ4v) is 6.91. The van der Waals surface area contributed by atoms with Gasteiger partial charge in [-0.15, -0.1) is 0 Å². The van der Waals surface area contributed by atoms with E-state index in [-0.39, 0.29) is 48.1 Å². The van der Waals surface area contributed by atoms with Crippen molar-refractivity contribution in [2.45, 2.75) is 76.8 Å². The monoisotopic (exact) mass is 523 g/mol. The smallest absolute Gasteiger partial charge is 0.227 e.